The molecule has 0 aliphatic heterocycles. The second kappa shape index (κ2) is 8.39. The Morgan fingerprint density at radius 1 is 1.03 bits per heavy atom. The zero-order valence-electron chi connectivity index (χ0n) is 17.5. The van der Waals surface area contributed by atoms with Gasteiger partial charge in [-0.15, -0.1) is 0 Å². The van der Waals surface area contributed by atoms with Crippen molar-refractivity contribution in [1.29, 1.82) is 0 Å². The van der Waals surface area contributed by atoms with Gasteiger partial charge in [0.15, 0.2) is 11.4 Å². The Balaban J connectivity index is 1.94. The van der Waals surface area contributed by atoms with Crippen LogP contribution in [0.5, 0.6) is 5.75 Å². The molecular weight excluding hydrogens is 394 g/mol. The summed E-state index contributed by atoms with van der Waals surface area (Å²) in [5.41, 5.74) is 3.71. The lowest BCUT2D eigenvalue weighted by atomic mass is 10.1. The van der Waals surface area contributed by atoms with Crippen molar-refractivity contribution in [2.75, 3.05) is 13.7 Å². The predicted octanol–water partition coefficient (Wildman–Crippen LogP) is 4.15. The standard InChI is InChI=1S/C24H21N3O4/c1-15(28)14-31-24(29)20-13-21(17-9-11-19(30-3)12-10-17)25-23-22(20)16(2)26-27(23)18-7-5-4-6-8-18/h4-13H,14H2,1-3H3. The van der Waals surface area contributed by atoms with E-state index < -0.39 is 5.97 Å². The fourth-order valence-corrected chi connectivity index (χ4v) is 3.35. The number of rotatable bonds is 6. The molecule has 0 saturated carbocycles. The number of aromatic nitrogens is 3. The van der Waals surface area contributed by atoms with Crippen LogP contribution in [0.2, 0.25) is 0 Å². The number of fused-ring (bicyclic) bond motifs is 1. The Morgan fingerprint density at radius 2 is 1.74 bits per heavy atom. The molecule has 2 heterocycles. The summed E-state index contributed by atoms with van der Waals surface area (Å²) in [6.07, 6.45) is 0. The lowest BCUT2D eigenvalue weighted by Gasteiger charge is -2.10. The third-order valence-electron chi connectivity index (χ3n) is 4.83. The zero-order valence-corrected chi connectivity index (χ0v) is 17.5. The van der Waals surface area contributed by atoms with Gasteiger partial charge in [-0.05, 0) is 56.3 Å². The summed E-state index contributed by atoms with van der Waals surface area (Å²) in [5.74, 6) is -0.102. The predicted molar refractivity (Wildman–Crippen MR) is 117 cm³/mol. The number of hydrogen-bond donors (Lipinski definition) is 0. The SMILES string of the molecule is COc1ccc(-c2cc(C(=O)OCC(C)=O)c3c(C)nn(-c4ccccc4)c3n2)cc1. The molecule has 31 heavy (non-hydrogen) atoms. The van der Waals surface area contributed by atoms with E-state index in [4.69, 9.17) is 14.5 Å². The van der Waals surface area contributed by atoms with Crippen molar-refractivity contribution in [3.05, 3.63) is 71.9 Å². The summed E-state index contributed by atoms with van der Waals surface area (Å²) in [7, 11) is 1.60. The molecule has 0 N–H and O–H groups in total. The van der Waals surface area contributed by atoms with Crippen LogP contribution in [0.3, 0.4) is 0 Å². The molecule has 156 valence electrons. The van der Waals surface area contributed by atoms with Gasteiger partial charge in [0.2, 0.25) is 0 Å². The van der Waals surface area contributed by atoms with E-state index in [0.717, 1.165) is 17.0 Å². The normalized spacial score (nSPS) is 10.8. The highest BCUT2D eigenvalue weighted by atomic mass is 16.5. The number of benzene rings is 2. The number of aryl methyl sites for hydroxylation is 1. The largest absolute Gasteiger partial charge is 0.497 e. The number of para-hydroxylation sites is 1. The minimum atomic E-state index is -0.590. The molecule has 0 amide bonds. The third-order valence-corrected chi connectivity index (χ3v) is 4.83. The highest BCUT2D eigenvalue weighted by Gasteiger charge is 2.22. The van der Waals surface area contributed by atoms with E-state index >= 15 is 0 Å². The van der Waals surface area contributed by atoms with Crippen LogP contribution in [0.4, 0.5) is 0 Å². The van der Waals surface area contributed by atoms with Crippen LogP contribution in [-0.2, 0) is 9.53 Å². The van der Waals surface area contributed by atoms with E-state index in [0.29, 0.717) is 28.0 Å². The van der Waals surface area contributed by atoms with Gasteiger partial charge < -0.3 is 9.47 Å². The number of ketones is 1. The molecule has 0 bridgehead atoms. The molecule has 0 aliphatic carbocycles. The van der Waals surface area contributed by atoms with Crippen molar-refractivity contribution in [3.8, 4) is 22.7 Å². The molecule has 0 spiro atoms. The number of carbonyl (C=O) groups excluding carboxylic acids is 2. The maximum absolute atomic E-state index is 12.9. The van der Waals surface area contributed by atoms with Crippen molar-refractivity contribution in [1.82, 2.24) is 14.8 Å². The lowest BCUT2D eigenvalue weighted by Crippen LogP contribution is -2.12. The van der Waals surface area contributed by atoms with Crippen LogP contribution in [0.1, 0.15) is 23.0 Å². The Hall–Kier alpha value is -4.00. The summed E-state index contributed by atoms with van der Waals surface area (Å²) in [6, 6.07) is 18.6. The molecule has 0 fully saturated rings. The van der Waals surface area contributed by atoms with Crippen molar-refractivity contribution < 1.29 is 19.1 Å². The van der Waals surface area contributed by atoms with Gasteiger partial charge in [0, 0.05) is 5.56 Å². The highest BCUT2D eigenvalue weighted by molar-refractivity contribution is 6.05. The second-order valence-corrected chi connectivity index (χ2v) is 7.09. The van der Waals surface area contributed by atoms with Gasteiger partial charge in [-0.1, -0.05) is 18.2 Å². The molecule has 0 saturated heterocycles. The smallest absolute Gasteiger partial charge is 0.339 e. The topological polar surface area (TPSA) is 83.3 Å². The first-order valence-corrected chi connectivity index (χ1v) is 9.74. The molecule has 7 nitrogen and oxygen atoms in total. The third kappa shape index (κ3) is 4.02. The quantitative estimate of drug-likeness (QED) is 0.440. The van der Waals surface area contributed by atoms with Crippen LogP contribution in [0.15, 0.2) is 60.7 Å². The fraction of sp³-hybridized carbons (Fsp3) is 0.167. The van der Waals surface area contributed by atoms with Gasteiger partial charge in [0.1, 0.15) is 12.4 Å². The van der Waals surface area contributed by atoms with E-state index in [9.17, 15) is 9.59 Å². The van der Waals surface area contributed by atoms with E-state index in [-0.39, 0.29) is 12.4 Å². The van der Waals surface area contributed by atoms with Crippen LogP contribution in [0, 0.1) is 6.92 Å². The monoisotopic (exact) mass is 415 g/mol. The Kier molecular flexibility index (Phi) is 5.49. The molecule has 0 radical (unpaired) electrons. The Labute approximate surface area is 179 Å². The second-order valence-electron chi connectivity index (χ2n) is 7.09. The van der Waals surface area contributed by atoms with Crippen LogP contribution < -0.4 is 4.74 Å². The van der Waals surface area contributed by atoms with Crippen LogP contribution in [0.25, 0.3) is 28.0 Å². The first-order chi connectivity index (χ1) is 15.0. The lowest BCUT2D eigenvalue weighted by molar-refractivity contribution is -0.120. The van der Waals surface area contributed by atoms with Gasteiger partial charge >= 0.3 is 5.97 Å². The minimum absolute atomic E-state index is 0.231. The number of carbonyl (C=O) groups is 2. The van der Waals surface area contributed by atoms with Crippen molar-refractivity contribution >= 4 is 22.8 Å². The summed E-state index contributed by atoms with van der Waals surface area (Å²) in [5, 5.41) is 5.21. The fourth-order valence-electron chi connectivity index (χ4n) is 3.35. The summed E-state index contributed by atoms with van der Waals surface area (Å²) < 4.78 is 12.2. The van der Waals surface area contributed by atoms with Crippen molar-refractivity contribution in [3.63, 3.8) is 0 Å². The van der Waals surface area contributed by atoms with E-state index in [1.165, 1.54) is 6.92 Å². The average Bonchev–Trinajstić information content (AvgIpc) is 3.14. The molecule has 2 aromatic heterocycles. The van der Waals surface area contributed by atoms with Gasteiger partial charge in [-0.25, -0.2) is 14.5 Å². The minimum Gasteiger partial charge on any atom is -0.497 e. The maximum atomic E-state index is 12.9. The molecule has 7 heteroatoms. The first kappa shape index (κ1) is 20.3. The average molecular weight is 415 g/mol. The van der Waals surface area contributed by atoms with Crippen molar-refractivity contribution in [2.45, 2.75) is 13.8 Å². The summed E-state index contributed by atoms with van der Waals surface area (Å²) >= 11 is 0. The van der Waals surface area contributed by atoms with Gasteiger partial charge in [-0.3, -0.25) is 4.79 Å². The van der Waals surface area contributed by atoms with Crippen LogP contribution >= 0.6 is 0 Å². The molecule has 0 atom stereocenters. The number of nitrogens with zero attached hydrogens (tertiary/aromatic N) is 3. The zero-order chi connectivity index (χ0) is 22.0. The van der Waals surface area contributed by atoms with Gasteiger partial charge in [-0.2, -0.15) is 5.10 Å². The molecule has 0 aliphatic rings. The molecule has 4 aromatic rings. The Bertz CT molecular complexity index is 1260. The van der Waals surface area contributed by atoms with Crippen LogP contribution in [-0.4, -0.2) is 40.2 Å². The molecule has 2 aromatic carbocycles. The van der Waals surface area contributed by atoms with Gasteiger partial charge in [0.05, 0.1) is 35.1 Å². The number of hydrogen-bond acceptors (Lipinski definition) is 6. The van der Waals surface area contributed by atoms with E-state index in [1.54, 1.807) is 17.9 Å². The summed E-state index contributed by atoms with van der Waals surface area (Å²) in [4.78, 5) is 29.0. The van der Waals surface area contributed by atoms with E-state index in [2.05, 4.69) is 5.10 Å². The molecule has 0 unspecified atom stereocenters. The highest BCUT2D eigenvalue weighted by Crippen LogP contribution is 2.30. The first-order valence-electron chi connectivity index (χ1n) is 9.74. The molecule has 4 rings (SSSR count). The summed E-state index contributed by atoms with van der Waals surface area (Å²) in [6.45, 7) is 2.90. The number of methoxy groups -OCH3 is 1. The van der Waals surface area contributed by atoms with E-state index in [1.807, 2.05) is 61.5 Å². The maximum Gasteiger partial charge on any atom is 0.339 e. The number of Topliss-reactive ketones (excluding diaryl/α,β-unsaturated/α-hetero) is 1. The number of esters is 1. The molecular formula is C24H21N3O4. The number of pyridine rings is 1. The van der Waals surface area contributed by atoms with Gasteiger partial charge in [0.25, 0.3) is 0 Å². The Morgan fingerprint density at radius 3 is 2.39 bits per heavy atom. The number of ether oxygens (including phenoxy) is 2. The van der Waals surface area contributed by atoms with Crippen molar-refractivity contribution in [2.24, 2.45) is 0 Å².